The number of halogens is 1. The van der Waals surface area contributed by atoms with Gasteiger partial charge in [0.05, 0.1) is 10.7 Å². The summed E-state index contributed by atoms with van der Waals surface area (Å²) in [6.07, 6.45) is 4.13. The first kappa shape index (κ1) is 15.3. The molecular weight excluding hydrogens is 296 g/mol. The van der Waals surface area contributed by atoms with Crippen LogP contribution in [0.4, 0.5) is 11.4 Å². The van der Waals surface area contributed by atoms with Crippen LogP contribution >= 0.6 is 11.6 Å². The van der Waals surface area contributed by atoms with Crippen molar-refractivity contribution in [3.05, 3.63) is 23.2 Å². The third-order valence-corrected chi connectivity index (χ3v) is 6.00. The van der Waals surface area contributed by atoms with Gasteiger partial charge in [0.2, 0.25) is 5.91 Å². The van der Waals surface area contributed by atoms with Gasteiger partial charge in [-0.2, -0.15) is 0 Å². The lowest BCUT2D eigenvalue weighted by atomic mass is 10.2. The van der Waals surface area contributed by atoms with E-state index in [1.165, 1.54) is 0 Å². The van der Waals surface area contributed by atoms with Crippen molar-refractivity contribution in [2.24, 2.45) is 0 Å². The molecule has 0 aliphatic heterocycles. The molecule has 6 heteroatoms. The molecule has 2 rings (SSSR count). The second kappa shape index (κ2) is 6.59. The van der Waals surface area contributed by atoms with Crippen molar-refractivity contribution in [2.75, 3.05) is 11.1 Å². The second-order valence-electron chi connectivity index (χ2n) is 5.10. The van der Waals surface area contributed by atoms with E-state index in [1.807, 2.05) is 0 Å². The standard InChI is InChI=1S/C14H19ClN2O2S/c1-9(20(19)11-4-2-3-5-11)14(18)17-10-6-7-12(15)13(16)8-10/h6-9,11H,2-5,16H2,1H3,(H,17,18). The molecule has 3 N–H and O–H groups in total. The summed E-state index contributed by atoms with van der Waals surface area (Å²) in [4.78, 5) is 12.1. The van der Waals surface area contributed by atoms with Crippen molar-refractivity contribution in [3.63, 3.8) is 0 Å². The van der Waals surface area contributed by atoms with E-state index in [9.17, 15) is 9.00 Å². The number of carbonyl (C=O) groups is 1. The van der Waals surface area contributed by atoms with Crippen molar-refractivity contribution in [1.29, 1.82) is 0 Å². The Kier molecular flexibility index (Phi) is 5.05. The minimum absolute atomic E-state index is 0.158. The van der Waals surface area contributed by atoms with E-state index in [0.717, 1.165) is 25.7 Å². The van der Waals surface area contributed by atoms with E-state index in [4.69, 9.17) is 17.3 Å². The maximum Gasteiger partial charge on any atom is 0.239 e. The third kappa shape index (κ3) is 3.52. The van der Waals surface area contributed by atoms with Crippen LogP contribution in [0.1, 0.15) is 32.6 Å². The van der Waals surface area contributed by atoms with Gasteiger partial charge < -0.3 is 11.1 Å². The second-order valence-corrected chi connectivity index (χ2v) is 7.54. The molecule has 1 aliphatic carbocycles. The van der Waals surface area contributed by atoms with E-state index in [0.29, 0.717) is 16.4 Å². The molecule has 4 nitrogen and oxygen atoms in total. The molecule has 20 heavy (non-hydrogen) atoms. The highest BCUT2D eigenvalue weighted by atomic mass is 35.5. The summed E-state index contributed by atoms with van der Waals surface area (Å²) in [5.74, 6) is -0.239. The molecule has 2 atom stereocenters. The summed E-state index contributed by atoms with van der Waals surface area (Å²) in [5.41, 5.74) is 6.68. The van der Waals surface area contributed by atoms with Crippen LogP contribution in [0.15, 0.2) is 18.2 Å². The zero-order chi connectivity index (χ0) is 14.7. The minimum atomic E-state index is -1.12. The number of rotatable bonds is 4. The van der Waals surface area contributed by atoms with E-state index in [1.54, 1.807) is 25.1 Å². The Morgan fingerprint density at radius 2 is 2.10 bits per heavy atom. The van der Waals surface area contributed by atoms with Gasteiger partial charge in [-0.25, -0.2) is 0 Å². The Bertz CT molecular complexity index is 530. The SMILES string of the molecule is CC(C(=O)Nc1ccc(Cl)c(N)c1)S(=O)C1CCCC1. The van der Waals surface area contributed by atoms with Gasteiger partial charge in [-0.3, -0.25) is 9.00 Å². The van der Waals surface area contributed by atoms with E-state index in [-0.39, 0.29) is 11.2 Å². The molecule has 0 radical (unpaired) electrons. The summed E-state index contributed by atoms with van der Waals surface area (Å²) in [6, 6.07) is 4.92. The van der Waals surface area contributed by atoms with Crippen LogP contribution in [-0.2, 0) is 15.6 Å². The van der Waals surface area contributed by atoms with E-state index < -0.39 is 16.0 Å². The number of amides is 1. The van der Waals surface area contributed by atoms with Gasteiger partial charge in [0.15, 0.2) is 0 Å². The maximum atomic E-state index is 12.3. The van der Waals surface area contributed by atoms with Crippen molar-refractivity contribution in [1.82, 2.24) is 0 Å². The third-order valence-electron chi connectivity index (χ3n) is 3.61. The molecule has 1 aromatic rings. The Labute approximate surface area is 126 Å². The molecule has 0 heterocycles. The first-order chi connectivity index (χ1) is 9.49. The quantitative estimate of drug-likeness (QED) is 0.839. The molecule has 0 aromatic heterocycles. The van der Waals surface area contributed by atoms with E-state index >= 15 is 0 Å². The highest BCUT2D eigenvalue weighted by Gasteiger charge is 2.29. The molecule has 110 valence electrons. The molecule has 1 saturated carbocycles. The molecule has 1 fully saturated rings. The predicted octanol–water partition coefficient (Wildman–Crippen LogP) is 2.94. The van der Waals surface area contributed by atoms with Gasteiger partial charge in [-0.05, 0) is 38.0 Å². The lowest BCUT2D eigenvalue weighted by Crippen LogP contribution is -2.33. The smallest absolute Gasteiger partial charge is 0.239 e. The number of nitrogens with one attached hydrogen (secondary N) is 1. The van der Waals surface area contributed by atoms with Crippen LogP contribution in [-0.4, -0.2) is 20.6 Å². The molecule has 0 bridgehead atoms. The zero-order valence-electron chi connectivity index (χ0n) is 11.4. The van der Waals surface area contributed by atoms with Gasteiger partial charge in [-0.15, -0.1) is 0 Å². The van der Waals surface area contributed by atoms with Gasteiger partial charge in [-0.1, -0.05) is 24.4 Å². The van der Waals surface area contributed by atoms with Crippen molar-refractivity contribution in [2.45, 2.75) is 43.1 Å². The molecule has 1 aliphatic rings. The summed E-state index contributed by atoms with van der Waals surface area (Å²) in [7, 11) is -1.12. The van der Waals surface area contributed by atoms with Crippen molar-refractivity contribution in [3.8, 4) is 0 Å². The average Bonchev–Trinajstić information content (AvgIpc) is 2.95. The van der Waals surface area contributed by atoms with Crippen LogP contribution in [0, 0.1) is 0 Å². The van der Waals surface area contributed by atoms with Gasteiger partial charge >= 0.3 is 0 Å². The molecule has 2 unspecified atom stereocenters. The fraction of sp³-hybridized carbons (Fsp3) is 0.500. The number of anilines is 2. The highest BCUT2D eigenvalue weighted by Crippen LogP contribution is 2.26. The Hall–Kier alpha value is -1.07. The molecular formula is C14H19ClN2O2S. The lowest BCUT2D eigenvalue weighted by molar-refractivity contribution is -0.115. The van der Waals surface area contributed by atoms with Gasteiger partial charge in [0.25, 0.3) is 0 Å². The van der Waals surface area contributed by atoms with Crippen LogP contribution in [0.3, 0.4) is 0 Å². The predicted molar refractivity (Wildman–Crippen MR) is 84.4 cm³/mol. The molecule has 1 aromatic carbocycles. The normalized spacial score (nSPS) is 18.7. The maximum absolute atomic E-state index is 12.3. The van der Waals surface area contributed by atoms with Crippen LogP contribution in [0.2, 0.25) is 5.02 Å². The number of benzene rings is 1. The largest absolute Gasteiger partial charge is 0.397 e. The molecule has 1 amide bonds. The zero-order valence-corrected chi connectivity index (χ0v) is 13.0. The highest BCUT2D eigenvalue weighted by molar-refractivity contribution is 7.87. The Morgan fingerprint density at radius 3 is 2.70 bits per heavy atom. The molecule has 0 spiro atoms. The first-order valence-corrected chi connectivity index (χ1v) is 8.39. The topological polar surface area (TPSA) is 72.2 Å². The molecule has 0 saturated heterocycles. The van der Waals surface area contributed by atoms with Gasteiger partial charge in [0.1, 0.15) is 5.25 Å². The first-order valence-electron chi connectivity index (χ1n) is 6.74. The van der Waals surface area contributed by atoms with Crippen LogP contribution in [0.25, 0.3) is 0 Å². The summed E-state index contributed by atoms with van der Waals surface area (Å²) < 4.78 is 12.3. The lowest BCUT2D eigenvalue weighted by Gasteiger charge is -2.16. The minimum Gasteiger partial charge on any atom is -0.397 e. The monoisotopic (exact) mass is 314 g/mol. The fourth-order valence-corrected chi connectivity index (χ4v) is 4.14. The number of nitrogens with two attached hydrogens (primary N) is 1. The number of hydrogen-bond donors (Lipinski definition) is 2. The van der Waals surface area contributed by atoms with Crippen molar-refractivity contribution < 1.29 is 9.00 Å². The number of hydrogen-bond acceptors (Lipinski definition) is 3. The summed E-state index contributed by atoms with van der Waals surface area (Å²) >= 11 is 5.83. The number of carbonyl (C=O) groups excluding carboxylic acids is 1. The van der Waals surface area contributed by atoms with Crippen LogP contribution in [0.5, 0.6) is 0 Å². The summed E-state index contributed by atoms with van der Waals surface area (Å²) in [6.45, 7) is 1.71. The Morgan fingerprint density at radius 1 is 1.45 bits per heavy atom. The van der Waals surface area contributed by atoms with Crippen LogP contribution < -0.4 is 11.1 Å². The van der Waals surface area contributed by atoms with Gasteiger partial charge in [0, 0.05) is 21.7 Å². The average molecular weight is 315 g/mol. The Balaban J connectivity index is 1.99. The van der Waals surface area contributed by atoms with E-state index in [2.05, 4.69) is 5.32 Å². The van der Waals surface area contributed by atoms with Crippen molar-refractivity contribution >= 4 is 39.7 Å². The fourth-order valence-electron chi connectivity index (χ4n) is 2.38. The summed E-state index contributed by atoms with van der Waals surface area (Å²) in [5, 5.41) is 2.83. The number of nitrogen functional groups attached to an aromatic ring is 1.